The minimum atomic E-state index is 0.553. The maximum atomic E-state index is 4.20. The summed E-state index contributed by atoms with van der Waals surface area (Å²) >= 11 is 0. The van der Waals surface area contributed by atoms with Gasteiger partial charge in [-0.3, -0.25) is 4.68 Å². The molecule has 2 aromatic heterocycles. The van der Waals surface area contributed by atoms with E-state index in [4.69, 9.17) is 0 Å². The van der Waals surface area contributed by atoms with Crippen molar-refractivity contribution < 1.29 is 0 Å². The first-order valence-corrected chi connectivity index (χ1v) is 4.67. The predicted molar refractivity (Wildman–Crippen MR) is 52.9 cm³/mol. The van der Waals surface area contributed by atoms with Gasteiger partial charge in [-0.1, -0.05) is 0 Å². The first-order chi connectivity index (χ1) is 7.28. The number of aryl methyl sites for hydroxylation is 1. The average Bonchev–Trinajstić information content (AvgIpc) is 2.78. The fourth-order valence-corrected chi connectivity index (χ4v) is 1.32. The van der Waals surface area contributed by atoms with E-state index in [-0.39, 0.29) is 0 Å². The topological polar surface area (TPSA) is 73.5 Å². The third-order valence-electron chi connectivity index (χ3n) is 1.92. The monoisotopic (exact) mass is 207 g/mol. The van der Waals surface area contributed by atoms with Crippen LogP contribution in [0.1, 0.15) is 11.4 Å². The number of tetrazole rings is 1. The smallest absolute Gasteiger partial charge is 0.196 e. The predicted octanol–water partition coefficient (Wildman–Crippen LogP) is -0.826. The van der Waals surface area contributed by atoms with Gasteiger partial charge in [-0.25, -0.2) is 0 Å². The van der Waals surface area contributed by atoms with Gasteiger partial charge >= 0.3 is 0 Å². The Morgan fingerprint density at radius 3 is 3.00 bits per heavy atom. The minimum Gasteiger partial charge on any atom is -0.316 e. The van der Waals surface area contributed by atoms with E-state index in [9.17, 15) is 0 Å². The lowest BCUT2D eigenvalue weighted by Gasteiger charge is -1.94. The van der Waals surface area contributed by atoms with Gasteiger partial charge in [0.25, 0.3) is 0 Å². The van der Waals surface area contributed by atoms with Crippen molar-refractivity contribution in [3.63, 3.8) is 0 Å². The largest absolute Gasteiger partial charge is 0.316 e. The number of rotatable bonds is 4. The van der Waals surface area contributed by atoms with E-state index in [1.165, 1.54) is 4.80 Å². The third-order valence-corrected chi connectivity index (χ3v) is 1.92. The SMILES string of the molecule is CNCc1cnn(Cc2nnn(C)n2)c1. The Bertz CT molecular complexity index is 430. The molecule has 80 valence electrons. The van der Waals surface area contributed by atoms with Crippen molar-refractivity contribution in [2.24, 2.45) is 7.05 Å². The van der Waals surface area contributed by atoms with Gasteiger partial charge in [0.15, 0.2) is 5.82 Å². The summed E-state index contributed by atoms with van der Waals surface area (Å²) in [5, 5.41) is 19.0. The summed E-state index contributed by atoms with van der Waals surface area (Å²) in [5.74, 6) is 0.664. The lowest BCUT2D eigenvalue weighted by molar-refractivity contribution is 0.617. The van der Waals surface area contributed by atoms with Crippen molar-refractivity contribution >= 4 is 0 Å². The van der Waals surface area contributed by atoms with E-state index in [0.717, 1.165) is 12.1 Å². The van der Waals surface area contributed by atoms with Crippen LogP contribution in [0.5, 0.6) is 0 Å². The molecule has 0 spiro atoms. The highest BCUT2D eigenvalue weighted by Gasteiger charge is 2.03. The van der Waals surface area contributed by atoms with Crippen molar-refractivity contribution in [1.29, 1.82) is 0 Å². The second-order valence-corrected chi connectivity index (χ2v) is 3.27. The van der Waals surface area contributed by atoms with E-state index < -0.39 is 0 Å². The van der Waals surface area contributed by atoms with Crippen LogP contribution in [-0.4, -0.2) is 37.0 Å². The van der Waals surface area contributed by atoms with E-state index >= 15 is 0 Å². The van der Waals surface area contributed by atoms with Gasteiger partial charge in [-0.05, 0) is 12.3 Å². The van der Waals surface area contributed by atoms with E-state index in [1.54, 1.807) is 11.7 Å². The number of nitrogens with zero attached hydrogens (tertiary/aromatic N) is 6. The molecule has 0 aromatic carbocycles. The summed E-state index contributed by atoms with van der Waals surface area (Å²) in [7, 11) is 3.65. The fraction of sp³-hybridized carbons (Fsp3) is 0.500. The first-order valence-electron chi connectivity index (χ1n) is 4.67. The van der Waals surface area contributed by atoms with Gasteiger partial charge in [-0.2, -0.15) is 9.90 Å². The van der Waals surface area contributed by atoms with Gasteiger partial charge in [0.2, 0.25) is 0 Å². The molecular weight excluding hydrogens is 194 g/mol. The Labute approximate surface area is 87.1 Å². The highest BCUT2D eigenvalue weighted by molar-refractivity contribution is 5.03. The molecule has 2 heterocycles. The second-order valence-electron chi connectivity index (χ2n) is 3.27. The third kappa shape index (κ3) is 2.38. The van der Waals surface area contributed by atoms with Crippen LogP contribution in [-0.2, 0) is 20.1 Å². The molecule has 0 aliphatic rings. The molecule has 0 aliphatic heterocycles. The summed E-state index contributed by atoms with van der Waals surface area (Å²) < 4.78 is 1.80. The molecule has 0 saturated carbocycles. The van der Waals surface area contributed by atoms with Gasteiger partial charge in [-0.15, -0.1) is 10.2 Å². The van der Waals surface area contributed by atoms with E-state index in [2.05, 4.69) is 25.8 Å². The second kappa shape index (κ2) is 4.18. The highest BCUT2D eigenvalue weighted by atomic mass is 15.6. The molecule has 2 rings (SSSR count). The number of hydrogen-bond acceptors (Lipinski definition) is 5. The summed E-state index contributed by atoms with van der Waals surface area (Å²) in [6.07, 6.45) is 3.79. The van der Waals surface area contributed by atoms with E-state index in [1.807, 2.05) is 19.4 Å². The molecular formula is C8H13N7. The number of hydrogen-bond donors (Lipinski definition) is 1. The number of nitrogens with one attached hydrogen (secondary N) is 1. The van der Waals surface area contributed by atoms with Crippen LogP contribution >= 0.6 is 0 Å². The van der Waals surface area contributed by atoms with Gasteiger partial charge < -0.3 is 5.32 Å². The van der Waals surface area contributed by atoms with Gasteiger partial charge in [0.05, 0.1) is 13.2 Å². The summed E-state index contributed by atoms with van der Waals surface area (Å²) in [6.45, 7) is 1.37. The molecule has 0 radical (unpaired) electrons. The van der Waals surface area contributed by atoms with Crippen LogP contribution in [0.4, 0.5) is 0 Å². The molecule has 15 heavy (non-hydrogen) atoms. The Morgan fingerprint density at radius 1 is 1.47 bits per heavy atom. The Balaban J connectivity index is 2.04. The van der Waals surface area contributed by atoms with Crippen molar-refractivity contribution in [2.45, 2.75) is 13.1 Å². The van der Waals surface area contributed by atoms with Crippen molar-refractivity contribution in [3.8, 4) is 0 Å². The maximum Gasteiger partial charge on any atom is 0.196 e. The molecule has 0 aliphatic carbocycles. The fourth-order valence-electron chi connectivity index (χ4n) is 1.32. The molecule has 0 atom stereocenters. The highest BCUT2D eigenvalue weighted by Crippen LogP contribution is 1.98. The standard InChI is InChI=1S/C8H13N7/c1-9-3-7-4-10-15(5-7)6-8-11-13-14(2)12-8/h4-5,9H,3,6H2,1-2H3. The zero-order valence-corrected chi connectivity index (χ0v) is 8.75. The first kappa shape index (κ1) is 9.78. The zero-order chi connectivity index (χ0) is 10.7. The minimum absolute atomic E-state index is 0.553. The van der Waals surface area contributed by atoms with Crippen molar-refractivity contribution in [2.75, 3.05) is 7.05 Å². The molecule has 0 saturated heterocycles. The number of aromatic nitrogens is 6. The molecule has 0 unspecified atom stereocenters. The Morgan fingerprint density at radius 2 is 2.33 bits per heavy atom. The molecule has 0 bridgehead atoms. The van der Waals surface area contributed by atoms with Crippen molar-refractivity contribution in [1.82, 2.24) is 35.3 Å². The van der Waals surface area contributed by atoms with Crippen LogP contribution in [0, 0.1) is 0 Å². The van der Waals surface area contributed by atoms with Gasteiger partial charge in [0, 0.05) is 18.3 Å². The quantitative estimate of drug-likeness (QED) is 0.708. The summed E-state index contributed by atoms with van der Waals surface area (Å²) in [4.78, 5) is 1.44. The molecule has 0 amide bonds. The summed E-state index contributed by atoms with van der Waals surface area (Å²) in [6, 6.07) is 0. The van der Waals surface area contributed by atoms with Crippen LogP contribution in [0.15, 0.2) is 12.4 Å². The molecule has 0 fully saturated rings. The lowest BCUT2D eigenvalue weighted by Crippen LogP contribution is -2.05. The Hall–Kier alpha value is -1.76. The van der Waals surface area contributed by atoms with Gasteiger partial charge in [0.1, 0.15) is 6.54 Å². The molecule has 1 N–H and O–H groups in total. The van der Waals surface area contributed by atoms with Crippen LogP contribution < -0.4 is 5.32 Å². The molecule has 7 heteroatoms. The Kier molecular flexibility index (Phi) is 2.72. The average molecular weight is 207 g/mol. The summed E-state index contributed by atoms with van der Waals surface area (Å²) in [5.41, 5.74) is 1.14. The van der Waals surface area contributed by atoms with Crippen molar-refractivity contribution in [3.05, 3.63) is 23.8 Å². The van der Waals surface area contributed by atoms with E-state index in [0.29, 0.717) is 12.4 Å². The van der Waals surface area contributed by atoms with Crippen LogP contribution in [0.2, 0.25) is 0 Å². The zero-order valence-electron chi connectivity index (χ0n) is 8.75. The molecule has 2 aromatic rings. The maximum absolute atomic E-state index is 4.20. The molecule has 7 nitrogen and oxygen atoms in total. The van der Waals surface area contributed by atoms with Crippen LogP contribution in [0.3, 0.4) is 0 Å². The normalized spacial score (nSPS) is 10.8. The van der Waals surface area contributed by atoms with Crippen LogP contribution in [0.25, 0.3) is 0 Å². The lowest BCUT2D eigenvalue weighted by atomic mass is 10.4.